The van der Waals surface area contributed by atoms with Crippen molar-refractivity contribution >= 4 is 25.5 Å². The molecular formula is C43H79O13P. The summed E-state index contributed by atoms with van der Waals surface area (Å²) in [5, 5.41) is 39.1. The number of phosphoric acid groups is 1. The Kier molecular flexibility index (Phi) is 30.9. The molecule has 0 bridgehead atoms. The summed E-state index contributed by atoms with van der Waals surface area (Å²) in [6, 6.07) is 0. The molecule has 1 saturated carbocycles. The number of Topliss-reactive ketones (excluding diaryl/α,β-unsaturated/α-hetero) is 1. The normalized spacial score (nSPS) is 20.4. The third-order valence-corrected chi connectivity index (χ3v) is 11.8. The number of unbranched alkanes of at least 4 members (excludes halogenated alkanes) is 14. The Morgan fingerprint density at radius 1 is 0.789 bits per heavy atom. The third kappa shape index (κ3) is 27.6. The fraction of sp³-hybridized carbons (Fsp3) is 0.884. The molecule has 1 rings (SSSR count). The van der Waals surface area contributed by atoms with Gasteiger partial charge in [-0.3, -0.25) is 23.4 Å². The van der Waals surface area contributed by atoms with Gasteiger partial charge in [0.15, 0.2) is 6.10 Å². The van der Waals surface area contributed by atoms with E-state index >= 15 is 0 Å². The Morgan fingerprint density at radius 3 is 1.96 bits per heavy atom. The second kappa shape index (κ2) is 33.1. The number of aliphatic hydroxyl groups excluding tert-OH is 4. The molecule has 5 N–H and O–H groups in total. The lowest BCUT2D eigenvalue weighted by Gasteiger charge is -2.20. The van der Waals surface area contributed by atoms with E-state index in [9.17, 15) is 39.2 Å². The average Bonchev–Trinajstić information content (AvgIpc) is 3.46. The van der Waals surface area contributed by atoms with E-state index in [-0.39, 0.29) is 37.6 Å². The monoisotopic (exact) mass is 835 g/mol. The highest BCUT2D eigenvalue weighted by Gasteiger charge is 2.39. The zero-order valence-electron chi connectivity index (χ0n) is 35.4. The molecule has 0 heterocycles. The summed E-state index contributed by atoms with van der Waals surface area (Å²) < 4.78 is 32.7. The summed E-state index contributed by atoms with van der Waals surface area (Å²) in [5.74, 6) is -0.894. The Labute approximate surface area is 343 Å². The molecule has 2 unspecified atom stereocenters. The molecule has 8 atom stereocenters. The van der Waals surface area contributed by atoms with Crippen molar-refractivity contribution in [3.63, 3.8) is 0 Å². The zero-order valence-corrected chi connectivity index (χ0v) is 36.3. The summed E-state index contributed by atoms with van der Waals surface area (Å²) in [6.07, 6.45) is 20.8. The van der Waals surface area contributed by atoms with Gasteiger partial charge in [-0.1, -0.05) is 142 Å². The molecule has 0 spiro atoms. The summed E-state index contributed by atoms with van der Waals surface area (Å²) in [4.78, 5) is 47.7. The Hall–Kier alpha value is -1.70. The van der Waals surface area contributed by atoms with Crippen LogP contribution in [0.4, 0.5) is 0 Å². The number of rotatable bonds is 37. The van der Waals surface area contributed by atoms with Gasteiger partial charge in [0.05, 0.1) is 32.0 Å². The largest absolute Gasteiger partial charge is 0.472 e. The molecule has 334 valence electrons. The number of carbonyl (C=O) groups excluding carboxylic acids is 3. The first-order valence-electron chi connectivity index (χ1n) is 22.1. The molecule has 57 heavy (non-hydrogen) atoms. The van der Waals surface area contributed by atoms with E-state index < -0.39 is 69.9 Å². The maximum atomic E-state index is 12.7. The van der Waals surface area contributed by atoms with E-state index in [2.05, 4.69) is 25.3 Å². The second-order valence-corrected chi connectivity index (χ2v) is 17.6. The van der Waals surface area contributed by atoms with Gasteiger partial charge in [-0.05, 0) is 37.5 Å². The van der Waals surface area contributed by atoms with Crippen LogP contribution in [-0.4, -0.2) is 93.9 Å². The minimum atomic E-state index is -4.68. The van der Waals surface area contributed by atoms with E-state index in [4.69, 9.17) is 19.1 Å². The molecule has 0 saturated heterocycles. The number of hydrogen-bond acceptors (Lipinski definition) is 12. The first-order chi connectivity index (χ1) is 27.3. The fourth-order valence-electron chi connectivity index (χ4n) is 6.99. The van der Waals surface area contributed by atoms with Crippen molar-refractivity contribution < 1.29 is 62.8 Å². The van der Waals surface area contributed by atoms with Crippen LogP contribution in [0.25, 0.3) is 0 Å². The minimum Gasteiger partial charge on any atom is -0.462 e. The van der Waals surface area contributed by atoms with Crippen LogP contribution in [0.2, 0.25) is 0 Å². The van der Waals surface area contributed by atoms with Crippen LogP contribution in [0.5, 0.6) is 0 Å². The van der Waals surface area contributed by atoms with Gasteiger partial charge in [-0.2, -0.15) is 0 Å². The van der Waals surface area contributed by atoms with Crippen molar-refractivity contribution in [1.29, 1.82) is 0 Å². The molecular weight excluding hydrogens is 755 g/mol. The Bertz CT molecular complexity index is 1130. The number of ether oxygens (including phenoxy) is 2. The first kappa shape index (κ1) is 53.3. The highest BCUT2D eigenvalue weighted by molar-refractivity contribution is 7.47. The first-order valence-corrected chi connectivity index (χ1v) is 23.6. The standard InChI is InChI=1S/C43H79O13P/c1-4-6-17-23-35(45)27-28-39-38(40(47)29-41(39)48)24-19-15-16-21-26-43(50)56-37(33-55-57(51,52)54-31-36(46)30-44)32-53-42(49)25-20-14-12-10-8-7-9-11-13-18-22-34(3)5-2/h27-28,34-40,44-47H,4-26,29-33H2,1-3H3,(H,51,52)/b28-27+/t34?,35-,36-,37+,38+,39+,40-/m0/s1. The molecule has 1 aliphatic carbocycles. The van der Waals surface area contributed by atoms with Gasteiger partial charge in [-0.15, -0.1) is 0 Å². The molecule has 0 aromatic carbocycles. The van der Waals surface area contributed by atoms with Crippen molar-refractivity contribution in [2.75, 3.05) is 26.4 Å². The average molecular weight is 835 g/mol. The van der Waals surface area contributed by atoms with Crippen LogP contribution in [0.1, 0.15) is 175 Å². The van der Waals surface area contributed by atoms with Crippen LogP contribution in [0, 0.1) is 17.8 Å². The molecule has 1 fully saturated rings. The van der Waals surface area contributed by atoms with Crippen molar-refractivity contribution in [2.24, 2.45) is 17.8 Å². The van der Waals surface area contributed by atoms with Gasteiger partial charge >= 0.3 is 19.8 Å². The Morgan fingerprint density at radius 2 is 1.35 bits per heavy atom. The van der Waals surface area contributed by atoms with E-state index in [1.807, 2.05) is 0 Å². The number of esters is 2. The van der Waals surface area contributed by atoms with E-state index in [1.54, 1.807) is 12.2 Å². The van der Waals surface area contributed by atoms with Gasteiger partial charge in [0.1, 0.15) is 18.5 Å². The van der Waals surface area contributed by atoms with Gasteiger partial charge < -0.3 is 34.8 Å². The van der Waals surface area contributed by atoms with Crippen LogP contribution < -0.4 is 0 Å². The summed E-state index contributed by atoms with van der Waals surface area (Å²) >= 11 is 0. The predicted molar refractivity (Wildman–Crippen MR) is 220 cm³/mol. The van der Waals surface area contributed by atoms with Crippen molar-refractivity contribution in [1.82, 2.24) is 0 Å². The second-order valence-electron chi connectivity index (χ2n) is 16.1. The minimum absolute atomic E-state index is 0.0160. The van der Waals surface area contributed by atoms with Gasteiger partial charge in [0, 0.05) is 25.2 Å². The number of allylic oxidation sites excluding steroid dienone is 1. The summed E-state index contributed by atoms with van der Waals surface area (Å²) in [7, 11) is -4.68. The van der Waals surface area contributed by atoms with Gasteiger partial charge in [0.25, 0.3) is 0 Å². The summed E-state index contributed by atoms with van der Waals surface area (Å²) in [5.41, 5.74) is 0. The highest BCUT2D eigenvalue weighted by atomic mass is 31.2. The topological polar surface area (TPSA) is 206 Å². The molecule has 0 aliphatic heterocycles. The number of aliphatic hydroxyl groups is 4. The van der Waals surface area contributed by atoms with Gasteiger partial charge in [0.2, 0.25) is 0 Å². The Balaban J connectivity index is 2.45. The van der Waals surface area contributed by atoms with E-state index in [1.165, 1.54) is 51.4 Å². The molecule has 14 heteroatoms. The molecule has 0 radical (unpaired) electrons. The molecule has 13 nitrogen and oxygen atoms in total. The fourth-order valence-corrected chi connectivity index (χ4v) is 7.78. The molecule has 0 aromatic heterocycles. The van der Waals surface area contributed by atoms with Gasteiger partial charge in [-0.25, -0.2) is 4.57 Å². The molecule has 1 aliphatic rings. The van der Waals surface area contributed by atoms with Crippen molar-refractivity contribution in [3.8, 4) is 0 Å². The van der Waals surface area contributed by atoms with Crippen LogP contribution in [0.3, 0.4) is 0 Å². The van der Waals surface area contributed by atoms with E-state index in [0.29, 0.717) is 32.1 Å². The van der Waals surface area contributed by atoms with Crippen LogP contribution >= 0.6 is 7.82 Å². The lowest BCUT2D eigenvalue weighted by molar-refractivity contribution is -0.161. The lowest BCUT2D eigenvalue weighted by atomic mass is 9.88. The number of hydrogen-bond donors (Lipinski definition) is 5. The lowest BCUT2D eigenvalue weighted by Crippen LogP contribution is -2.29. The number of carbonyl (C=O) groups is 3. The number of phosphoric ester groups is 1. The van der Waals surface area contributed by atoms with Crippen LogP contribution in [0.15, 0.2) is 12.2 Å². The van der Waals surface area contributed by atoms with Crippen molar-refractivity contribution in [3.05, 3.63) is 12.2 Å². The SMILES string of the molecule is CCCCC[C@H](O)/C=C/[C@H]1C(=O)C[C@H](O)[C@@H]1CCCCCCC(=O)O[C@H](COC(=O)CCCCCCCCCCCCC(C)CC)COP(=O)(O)OC[C@@H](O)CO. The highest BCUT2D eigenvalue weighted by Crippen LogP contribution is 2.43. The number of ketones is 1. The van der Waals surface area contributed by atoms with E-state index in [0.717, 1.165) is 57.3 Å². The molecule has 0 aromatic rings. The maximum absolute atomic E-state index is 12.7. The summed E-state index contributed by atoms with van der Waals surface area (Å²) in [6.45, 7) is 4.34. The smallest absolute Gasteiger partial charge is 0.462 e. The molecule has 0 amide bonds. The predicted octanol–water partition coefficient (Wildman–Crippen LogP) is 8.06. The maximum Gasteiger partial charge on any atom is 0.472 e. The quantitative estimate of drug-likeness (QED) is 0.0174. The zero-order chi connectivity index (χ0) is 42.3. The van der Waals surface area contributed by atoms with Crippen LogP contribution in [-0.2, 0) is 37.5 Å². The van der Waals surface area contributed by atoms with Crippen molar-refractivity contribution in [2.45, 2.75) is 199 Å². The third-order valence-electron chi connectivity index (χ3n) is 10.9.